The molecule has 0 heterocycles. The zero-order chi connectivity index (χ0) is 14.1. The Morgan fingerprint density at radius 2 is 2.00 bits per heavy atom. The lowest BCUT2D eigenvalue weighted by Crippen LogP contribution is -2.13. The van der Waals surface area contributed by atoms with Gasteiger partial charge in [0.2, 0.25) is 0 Å². The number of oxime groups is 1. The van der Waals surface area contributed by atoms with E-state index in [1.54, 1.807) is 0 Å². The lowest BCUT2D eigenvalue weighted by molar-refractivity contribution is 0.302. The maximum Gasteiger partial charge on any atom is 0.170 e. The Labute approximate surface area is 115 Å². The highest BCUT2D eigenvalue weighted by Gasteiger charge is 2.05. The van der Waals surface area contributed by atoms with Crippen LogP contribution in [0.15, 0.2) is 23.4 Å². The summed E-state index contributed by atoms with van der Waals surface area (Å²) in [5.74, 6) is 0.910. The van der Waals surface area contributed by atoms with Crippen LogP contribution in [-0.2, 0) is 0 Å². The van der Waals surface area contributed by atoms with Crippen LogP contribution in [0.4, 0.5) is 0 Å². The van der Waals surface area contributed by atoms with Gasteiger partial charge in [-0.2, -0.15) is 0 Å². The van der Waals surface area contributed by atoms with Gasteiger partial charge >= 0.3 is 0 Å². The summed E-state index contributed by atoms with van der Waals surface area (Å²) in [6, 6.07) is 5.55. The lowest BCUT2D eigenvalue weighted by Gasteiger charge is -2.10. The molecule has 0 saturated heterocycles. The second kappa shape index (κ2) is 8.40. The summed E-state index contributed by atoms with van der Waals surface area (Å²) in [5, 5.41) is 11.7. The van der Waals surface area contributed by atoms with Crippen LogP contribution in [0.25, 0.3) is 0 Å². The standard InChI is InChI=1S/C15H24N2O2/c1-3-4-5-6-7-10-19-14-11-13(15(16)17-18)9-8-12(14)2/h8-9,11,18H,3-7,10H2,1-2H3,(H2,16,17). The third kappa shape index (κ3) is 5.20. The van der Waals surface area contributed by atoms with E-state index in [4.69, 9.17) is 15.7 Å². The molecule has 0 aliphatic carbocycles. The summed E-state index contributed by atoms with van der Waals surface area (Å²) in [6.45, 7) is 4.91. The minimum absolute atomic E-state index is 0.104. The minimum Gasteiger partial charge on any atom is -0.493 e. The topological polar surface area (TPSA) is 67.8 Å². The molecule has 0 saturated carbocycles. The van der Waals surface area contributed by atoms with Gasteiger partial charge in [-0.05, 0) is 25.0 Å². The van der Waals surface area contributed by atoms with E-state index in [1.165, 1.54) is 25.7 Å². The van der Waals surface area contributed by atoms with Crippen molar-refractivity contribution in [3.05, 3.63) is 29.3 Å². The number of hydrogen-bond acceptors (Lipinski definition) is 3. The van der Waals surface area contributed by atoms with Crippen LogP contribution in [-0.4, -0.2) is 17.6 Å². The summed E-state index contributed by atoms with van der Waals surface area (Å²) in [4.78, 5) is 0. The molecule has 0 aliphatic heterocycles. The van der Waals surface area contributed by atoms with Gasteiger partial charge < -0.3 is 15.7 Å². The van der Waals surface area contributed by atoms with Gasteiger partial charge in [-0.15, -0.1) is 0 Å². The van der Waals surface area contributed by atoms with Gasteiger partial charge in [-0.25, -0.2) is 0 Å². The molecule has 0 spiro atoms. The molecule has 4 heteroatoms. The van der Waals surface area contributed by atoms with Gasteiger partial charge in [0, 0.05) is 5.56 Å². The maximum atomic E-state index is 8.67. The third-order valence-corrected chi connectivity index (χ3v) is 3.10. The van der Waals surface area contributed by atoms with Crippen LogP contribution in [0.2, 0.25) is 0 Å². The predicted molar refractivity (Wildman–Crippen MR) is 77.9 cm³/mol. The van der Waals surface area contributed by atoms with Crippen LogP contribution in [0.3, 0.4) is 0 Å². The number of unbranched alkanes of at least 4 members (excludes halogenated alkanes) is 4. The first-order chi connectivity index (χ1) is 9.19. The summed E-state index contributed by atoms with van der Waals surface area (Å²) in [6.07, 6.45) is 6.07. The van der Waals surface area contributed by atoms with Crippen LogP contribution >= 0.6 is 0 Å². The Hall–Kier alpha value is -1.71. The van der Waals surface area contributed by atoms with Gasteiger partial charge in [0.15, 0.2) is 5.84 Å². The molecule has 0 fully saturated rings. The minimum atomic E-state index is 0.104. The van der Waals surface area contributed by atoms with Crippen LogP contribution in [0.1, 0.15) is 50.2 Å². The van der Waals surface area contributed by atoms with Crippen molar-refractivity contribution in [3.63, 3.8) is 0 Å². The Bertz CT molecular complexity index is 417. The highest BCUT2D eigenvalue weighted by molar-refractivity contribution is 5.97. The predicted octanol–water partition coefficient (Wildman–Crippen LogP) is 3.44. The van der Waals surface area contributed by atoms with E-state index < -0.39 is 0 Å². The van der Waals surface area contributed by atoms with Gasteiger partial charge in [-0.3, -0.25) is 0 Å². The SMILES string of the molecule is CCCCCCCOc1cc(/C(N)=N/O)ccc1C. The molecule has 3 N–H and O–H groups in total. The van der Waals surface area contributed by atoms with Gasteiger partial charge in [0.1, 0.15) is 5.75 Å². The molecule has 1 rings (SSSR count). The fraction of sp³-hybridized carbons (Fsp3) is 0.533. The monoisotopic (exact) mass is 264 g/mol. The van der Waals surface area contributed by atoms with E-state index in [1.807, 2.05) is 25.1 Å². The average molecular weight is 264 g/mol. The number of amidine groups is 1. The number of nitrogens with zero attached hydrogens (tertiary/aromatic N) is 1. The molecule has 0 amide bonds. The zero-order valence-electron chi connectivity index (χ0n) is 11.9. The molecule has 0 aromatic heterocycles. The molecule has 1 aromatic rings. The van der Waals surface area contributed by atoms with Gasteiger partial charge in [0.05, 0.1) is 6.61 Å². The normalized spacial score (nSPS) is 11.6. The molecular formula is C15H24N2O2. The Kier molecular flexibility index (Phi) is 6.79. The fourth-order valence-electron chi connectivity index (χ4n) is 1.86. The van der Waals surface area contributed by atoms with E-state index >= 15 is 0 Å². The quantitative estimate of drug-likeness (QED) is 0.248. The van der Waals surface area contributed by atoms with Crippen molar-refractivity contribution in [2.45, 2.75) is 46.0 Å². The molecule has 1 aromatic carbocycles. The van der Waals surface area contributed by atoms with Crippen LogP contribution < -0.4 is 10.5 Å². The molecular weight excluding hydrogens is 240 g/mol. The molecule has 0 aliphatic rings. The highest BCUT2D eigenvalue weighted by atomic mass is 16.5. The first-order valence-corrected chi connectivity index (χ1v) is 6.90. The molecule has 0 radical (unpaired) electrons. The second-order valence-corrected chi connectivity index (χ2v) is 4.73. The van der Waals surface area contributed by atoms with Crippen LogP contribution in [0, 0.1) is 6.92 Å². The molecule has 19 heavy (non-hydrogen) atoms. The number of ether oxygens (including phenoxy) is 1. The third-order valence-electron chi connectivity index (χ3n) is 3.10. The van der Waals surface area contributed by atoms with Crippen molar-refractivity contribution < 1.29 is 9.94 Å². The van der Waals surface area contributed by atoms with Crippen molar-refractivity contribution in [3.8, 4) is 5.75 Å². The van der Waals surface area contributed by atoms with Crippen molar-refractivity contribution in [2.75, 3.05) is 6.61 Å². The maximum absolute atomic E-state index is 8.67. The Balaban J connectivity index is 2.48. The van der Waals surface area contributed by atoms with E-state index in [2.05, 4.69) is 12.1 Å². The van der Waals surface area contributed by atoms with Crippen molar-refractivity contribution >= 4 is 5.84 Å². The van der Waals surface area contributed by atoms with Crippen LogP contribution in [0.5, 0.6) is 5.75 Å². The molecule has 0 bridgehead atoms. The number of benzene rings is 1. The summed E-state index contributed by atoms with van der Waals surface area (Å²) < 4.78 is 5.76. The van der Waals surface area contributed by atoms with Crippen molar-refractivity contribution in [1.29, 1.82) is 0 Å². The number of rotatable bonds is 8. The number of nitrogens with two attached hydrogens (primary N) is 1. The molecule has 4 nitrogen and oxygen atoms in total. The first kappa shape index (κ1) is 15.3. The van der Waals surface area contributed by atoms with Gasteiger partial charge in [0.25, 0.3) is 0 Å². The van der Waals surface area contributed by atoms with E-state index in [-0.39, 0.29) is 5.84 Å². The fourth-order valence-corrected chi connectivity index (χ4v) is 1.86. The van der Waals surface area contributed by atoms with Gasteiger partial charge in [-0.1, -0.05) is 49.9 Å². The van der Waals surface area contributed by atoms with E-state index in [0.29, 0.717) is 12.2 Å². The number of hydrogen-bond donors (Lipinski definition) is 2. The first-order valence-electron chi connectivity index (χ1n) is 6.90. The largest absolute Gasteiger partial charge is 0.493 e. The molecule has 0 unspecified atom stereocenters. The summed E-state index contributed by atoms with van der Waals surface area (Å²) in [7, 11) is 0. The summed E-state index contributed by atoms with van der Waals surface area (Å²) >= 11 is 0. The second-order valence-electron chi connectivity index (χ2n) is 4.73. The lowest BCUT2D eigenvalue weighted by atomic mass is 10.1. The number of aryl methyl sites for hydroxylation is 1. The van der Waals surface area contributed by atoms with Crippen molar-refractivity contribution in [2.24, 2.45) is 10.9 Å². The Morgan fingerprint density at radius 1 is 1.26 bits per heavy atom. The highest BCUT2D eigenvalue weighted by Crippen LogP contribution is 2.20. The van der Waals surface area contributed by atoms with Crippen molar-refractivity contribution in [1.82, 2.24) is 0 Å². The molecule has 106 valence electrons. The smallest absolute Gasteiger partial charge is 0.170 e. The summed E-state index contributed by atoms with van der Waals surface area (Å²) in [5.41, 5.74) is 7.30. The van der Waals surface area contributed by atoms with E-state index in [9.17, 15) is 0 Å². The Morgan fingerprint density at radius 3 is 2.68 bits per heavy atom. The molecule has 0 atom stereocenters. The average Bonchev–Trinajstić information content (AvgIpc) is 2.43. The van der Waals surface area contributed by atoms with E-state index in [0.717, 1.165) is 17.7 Å². The zero-order valence-corrected chi connectivity index (χ0v) is 11.9.